The smallest absolute Gasteiger partial charge is 0.319 e. The van der Waals surface area contributed by atoms with Crippen LogP contribution in [0.4, 0.5) is 10.5 Å². The second-order valence-corrected chi connectivity index (χ2v) is 6.18. The molecule has 126 valence electrons. The van der Waals surface area contributed by atoms with E-state index in [1.807, 2.05) is 12.1 Å². The molecular formula is C16H17BrN4O3. The highest BCUT2D eigenvalue weighted by Crippen LogP contribution is 2.20. The van der Waals surface area contributed by atoms with Crippen LogP contribution in [0.5, 0.6) is 5.88 Å². The van der Waals surface area contributed by atoms with Crippen molar-refractivity contribution in [1.29, 1.82) is 0 Å². The topological polar surface area (TPSA) is 85.4 Å². The molecule has 0 aromatic carbocycles. The highest BCUT2D eigenvalue weighted by molar-refractivity contribution is 9.10. The summed E-state index contributed by atoms with van der Waals surface area (Å²) in [7, 11) is 1.54. The number of hydrogen-bond donors (Lipinski definition) is 2. The van der Waals surface area contributed by atoms with Gasteiger partial charge in [-0.1, -0.05) is 0 Å². The summed E-state index contributed by atoms with van der Waals surface area (Å²) >= 11 is 3.35. The van der Waals surface area contributed by atoms with Gasteiger partial charge in [0, 0.05) is 40.5 Å². The maximum Gasteiger partial charge on any atom is 0.319 e. The molecule has 0 radical (unpaired) electrons. The number of anilines is 1. The van der Waals surface area contributed by atoms with E-state index < -0.39 is 0 Å². The van der Waals surface area contributed by atoms with Gasteiger partial charge in [-0.15, -0.1) is 0 Å². The van der Waals surface area contributed by atoms with Gasteiger partial charge in [-0.2, -0.15) is 0 Å². The lowest BCUT2D eigenvalue weighted by molar-refractivity contribution is 0.109. The minimum Gasteiger partial charge on any atom is -0.481 e. The van der Waals surface area contributed by atoms with Crippen LogP contribution in [0.25, 0.3) is 0 Å². The summed E-state index contributed by atoms with van der Waals surface area (Å²) in [6, 6.07) is 3.42. The first-order valence-electron chi connectivity index (χ1n) is 7.44. The second kappa shape index (κ2) is 7.59. The van der Waals surface area contributed by atoms with E-state index in [2.05, 4.69) is 36.5 Å². The number of carbonyl (C=O) groups is 1. The number of halogens is 1. The Kier molecular flexibility index (Phi) is 5.27. The summed E-state index contributed by atoms with van der Waals surface area (Å²) in [5, 5.41) is 5.55. The molecule has 0 atom stereocenters. The molecular weight excluding hydrogens is 376 g/mol. The molecule has 24 heavy (non-hydrogen) atoms. The molecule has 1 aliphatic rings. The van der Waals surface area contributed by atoms with Crippen LogP contribution in [-0.2, 0) is 24.3 Å². The van der Waals surface area contributed by atoms with Crippen molar-refractivity contribution in [3.05, 3.63) is 45.8 Å². The zero-order valence-electron chi connectivity index (χ0n) is 13.1. The third-order valence-electron chi connectivity index (χ3n) is 3.58. The molecule has 8 heteroatoms. The quantitative estimate of drug-likeness (QED) is 0.834. The van der Waals surface area contributed by atoms with Crippen LogP contribution in [-0.4, -0.2) is 29.7 Å². The molecule has 1 aliphatic heterocycles. The number of urea groups is 1. The monoisotopic (exact) mass is 392 g/mol. The van der Waals surface area contributed by atoms with Gasteiger partial charge in [0.25, 0.3) is 0 Å². The summed E-state index contributed by atoms with van der Waals surface area (Å²) in [5.74, 6) is 0.478. The SMILES string of the molecule is COc1ncc(Br)cc1CNC(=O)Nc1cnc2c(c1)COCC2. The van der Waals surface area contributed by atoms with Crippen molar-refractivity contribution < 1.29 is 14.3 Å². The van der Waals surface area contributed by atoms with E-state index in [-0.39, 0.29) is 6.03 Å². The van der Waals surface area contributed by atoms with Gasteiger partial charge in [-0.25, -0.2) is 9.78 Å². The molecule has 2 aromatic heterocycles. The van der Waals surface area contributed by atoms with Gasteiger partial charge >= 0.3 is 6.03 Å². The minimum absolute atomic E-state index is 0.295. The van der Waals surface area contributed by atoms with E-state index >= 15 is 0 Å². The fourth-order valence-electron chi connectivity index (χ4n) is 2.44. The molecule has 2 amide bonds. The Hall–Kier alpha value is -2.19. The first kappa shape index (κ1) is 16.7. The van der Waals surface area contributed by atoms with E-state index in [0.29, 0.717) is 31.3 Å². The number of nitrogens with zero attached hydrogens (tertiary/aromatic N) is 2. The number of carbonyl (C=O) groups excluding carboxylic acids is 1. The lowest BCUT2D eigenvalue weighted by atomic mass is 10.1. The molecule has 0 saturated carbocycles. The van der Waals surface area contributed by atoms with Gasteiger partial charge in [-0.05, 0) is 28.1 Å². The zero-order chi connectivity index (χ0) is 16.9. The lowest BCUT2D eigenvalue weighted by Gasteiger charge is -2.16. The Balaban J connectivity index is 1.61. The molecule has 0 bridgehead atoms. The number of ether oxygens (including phenoxy) is 2. The fraction of sp³-hybridized carbons (Fsp3) is 0.312. The van der Waals surface area contributed by atoms with Crippen molar-refractivity contribution >= 4 is 27.6 Å². The van der Waals surface area contributed by atoms with Crippen LogP contribution in [0.2, 0.25) is 0 Å². The van der Waals surface area contributed by atoms with Crippen LogP contribution < -0.4 is 15.4 Å². The number of pyridine rings is 2. The Morgan fingerprint density at radius 3 is 3.08 bits per heavy atom. The van der Waals surface area contributed by atoms with Gasteiger partial charge in [0.1, 0.15) is 0 Å². The first-order valence-corrected chi connectivity index (χ1v) is 8.24. The maximum absolute atomic E-state index is 12.1. The van der Waals surface area contributed by atoms with Crippen LogP contribution in [0.15, 0.2) is 29.0 Å². The first-order chi connectivity index (χ1) is 11.7. The van der Waals surface area contributed by atoms with Crippen LogP contribution in [0.3, 0.4) is 0 Å². The lowest BCUT2D eigenvalue weighted by Crippen LogP contribution is -2.28. The number of nitrogens with one attached hydrogen (secondary N) is 2. The average molecular weight is 393 g/mol. The number of hydrogen-bond acceptors (Lipinski definition) is 5. The van der Waals surface area contributed by atoms with Crippen LogP contribution >= 0.6 is 15.9 Å². The zero-order valence-corrected chi connectivity index (χ0v) is 14.7. The Bertz CT molecular complexity index is 754. The predicted molar refractivity (Wildman–Crippen MR) is 91.9 cm³/mol. The fourth-order valence-corrected chi connectivity index (χ4v) is 2.82. The van der Waals surface area contributed by atoms with E-state index in [4.69, 9.17) is 9.47 Å². The Morgan fingerprint density at radius 1 is 1.38 bits per heavy atom. The molecule has 2 aromatic rings. The molecule has 7 nitrogen and oxygen atoms in total. The molecule has 0 unspecified atom stereocenters. The summed E-state index contributed by atoms with van der Waals surface area (Å²) in [6.45, 7) is 1.51. The van der Waals surface area contributed by atoms with Gasteiger partial charge in [0.05, 0.1) is 32.2 Å². The summed E-state index contributed by atoms with van der Waals surface area (Å²) in [4.78, 5) is 20.6. The van der Waals surface area contributed by atoms with Gasteiger partial charge in [-0.3, -0.25) is 4.98 Å². The number of aromatic nitrogens is 2. The van der Waals surface area contributed by atoms with E-state index in [1.54, 1.807) is 19.5 Å². The summed E-state index contributed by atoms with van der Waals surface area (Å²) < 4.78 is 11.4. The number of fused-ring (bicyclic) bond motifs is 1. The van der Waals surface area contributed by atoms with E-state index in [9.17, 15) is 4.79 Å². The van der Waals surface area contributed by atoms with Crippen molar-refractivity contribution in [2.75, 3.05) is 19.0 Å². The second-order valence-electron chi connectivity index (χ2n) is 5.26. The van der Waals surface area contributed by atoms with Gasteiger partial charge in [0.15, 0.2) is 0 Å². The normalized spacial score (nSPS) is 13.1. The predicted octanol–water partition coefficient (Wildman–Crippen LogP) is 2.64. The van der Waals surface area contributed by atoms with Gasteiger partial charge < -0.3 is 20.1 Å². The molecule has 0 aliphatic carbocycles. The van der Waals surface area contributed by atoms with Crippen LogP contribution in [0.1, 0.15) is 16.8 Å². The molecule has 3 heterocycles. The van der Waals surface area contributed by atoms with E-state index in [1.165, 1.54) is 0 Å². The van der Waals surface area contributed by atoms with Crippen LogP contribution in [0, 0.1) is 0 Å². The van der Waals surface area contributed by atoms with Gasteiger partial charge in [0.2, 0.25) is 5.88 Å². The largest absolute Gasteiger partial charge is 0.481 e. The molecule has 3 rings (SSSR count). The Labute approximate surface area is 147 Å². The average Bonchev–Trinajstić information content (AvgIpc) is 2.60. The number of methoxy groups -OCH3 is 1. The molecule has 0 fully saturated rings. The van der Waals surface area contributed by atoms with E-state index in [0.717, 1.165) is 27.7 Å². The standard InChI is InChI=1S/C16H17BrN4O3/c1-23-15-10(4-12(17)7-19-15)6-20-16(22)21-13-5-11-9-24-3-2-14(11)18-8-13/h4-5,7-8H,2-3,6,9H2,1H3,(H2,20,21,22). The molecule has 2 N–H and O–H groups in total. The highest BCUT2D eigenvalue weighted by Gasteiger charge is 2.13. The molecule has 0 spiro atoms. The van der Waals surface area contributed by atoms with Crippen molar-refractivity contribution in [2.45, 2.75) is 19.6 Å². The number of amides is 2. The molecule has 0 saturated heterocycles. The van der Waals surface area contributed by atoms with Crippen molar-refractivity contribution in [1.82, 2.24) is 15.3 Å². The third kappa shape index (κ3) is 4.01. The maximum atomic E-state index is 12.1. The third-order valence-corrected chi connectivity index (χ3v) is 4.02. The Morgan fingerprint density at radius 2 is 2.25 bits per heavy atom. The summed E-state index contributed by atoms with van der Waals surface area (Å²) in [5.41, 5.74) is 3.45. The highest BCUT2D eigenvalue weighted by atomic mass is 79.9. The van der Waals surface area contributed by atoms with Crippen molar-refractivity contribution in [3.8, 4) is 5.88 Å². The summed E-state index contributed by atoms with van der Waals surface area (Å²) in [6.07, 6.45) is 4.10. The minimum atomic E-state index is -0.324. The number of rotatable bonds is 4. The van der Waals surface area contributed by atoms with Crippen molar-refractivity contribution in [2.24, 2.45) is 0 Å². The van der Waals surface area contributed by atoms with Crippen molar-refractivity contribution in [3.63, 3.8) is 0 Å².